The van der Waals surface area contributed by atoms with Crippen molar-refractivity contribution < 1.29 is 0 Å². The van der Waals surface area contributed by atoms with Gasteiger partial charge in [-0.15, -0.1) is 16.9 Å². The van der Waals surface area contributed by atoms with Crippen LogP contribution >= 0.6 is 11.8 Å². The van der Waals surface area contributed by atoms with E-state index in [9.17, 15) is 9.59 Å². The molecule has 2 aromatic carbocycles. The maximum Gasteiger partial charge on any atom is 0.325 e. The molecule has 0 amide bonds. The summed E-state index contributed by atoms with van der Waals surface area (Å²) in [6, 6.07) is 20.7. The standard InChI is InChI=1S/C21H19N5O2S/c27-20-17(13-22-21(28)23-20)18-14-26(25-24-18)12-11-19(15-7-3-1-4-8-15)29-16-9-5-2-6-10-16/h1-10,13-14,19H,11-12H2,(H2,22,23,27,28). The molecular formula is C21H19N5O2S. The van der Waals surface area contributed by atoms with Crippen LogP contribution in [-0.2, 0) is 6.54 Å². The summed E-state index contributed by atoms with van der Waals surface area (Å²) in [6.45, 7) is 0.646. The van der Waals surface area contributed by atoms with Gasteiger partial charge in [-0.25, -0.2) is 4.79 Å². The van der Waals surface area contributed by atoms with Gasteiger partial charge >= 0.3 is 5.69 Å². The molecule has 4 aromatic rings. The molecule has 2 N–H and O–H groups in total. The summed E-state index contributed by atoms with van der Waals surface area (Å²) in [6.07, 6.45) is 3.92. The number of aryl methyl sites for hydroxylation is 1. The Hall–Kier alpha value is -3.39. The highest BCUT2D eigenvalue weighted by Gasteiger charge is 2.15. The van der Waals surface area contributed by atoms with E-state index in [1.54, 1.807) is 10.9 Å². The lowest BCUT2D eigenvalue weighted by molar-refractivity contribution is 0.554. The van der Waals surface area contributed by atoms with Crippen LogP contribution in [0.15, 0.2) is 87.5 Å². The molecule has 0 aliphatic rings. The average molecular weight is 405 g/mol. The van der Waals surface area contributed by atoms with Crippen molar-refractivity contribution in [3.05, 3.63) is 99.5 Å². The Kier molecular flexibility index (Phi) is 5.71. The molecule has 0 spiro atoms. The van der Waals surface area contributed by atoms with Gasteiger partial charge in [0, 0.05) is 22.9 Å². The first kappa shape index (κ1) is 18.9. The number of hydrogen-bond donors (Lipinski definition) is 2. The number of rotatable bonds is 7. The molecule has 7 nitrogen and oxygen atoms in total. The lowest BCUT2D eigenvalue weighted by atomic mass is 10.1. The number of H-pyrrole nitrogens is 2. The Morgan fingerprint density at radius 3 is 2.45 bits per heavy atom. The molecule has 0 aliphatic heterocycles. The predicted octanol–water partition coefficient (Wildman–Crippen LogP) is 3.25. The zero-order valence-corrected chi connectivity index (χ0v) is 16.3. The van der Waals surface area contributed by atoms with E-state index in [1.807, 2.05) is 48.2 Å². The smallest absolute Gasteiger partial charge is 0.313 e. The van der Waals surface area contributed by atoms with E-state index in [2.05, 4.69) is 44.5 Å². The zero-order chi connectivity index (χ0) is 20.1. The van der Waals surface area contributed by atoms with Gasteiger partial charge in [0.05, 0.1) is 11.8 Å². The van der Waals surface area contributed by atoms with Crippen molar-refractivity contribution in [3.63, 3.8) is 0 Å². The number of nitrogens with one attached hydrogen (secondary N) is 2. The van der Waals surface area contributed by atoms with Crippen molar-refractivity contribution in [1.29, 1.82) is 0 Å². The summed E-state index contributed by atoms with van der Waals surface area (Å²) in [5.41, 5.74) is 0.930. The van der Waals surface area contributed by atoms with Gasteiger partial charge in [0.25, 0.3) is 5.56 Å². The molecule has 1 unspecified atom stereocenters. The van der Waals surface area contributed by atoms with E-state index < -0.39 is 11.2 Å². The van der Waals surface area contributed by atoms with Crippen molar-refractivity contribution in [2.24, 2.45) is 0 Å². The van der Waals surface area contributed by atoms with Crippen molar-refractivity contribution in [2.75, 3.05) is 0 Å². The van der Waals surface area contributed by atoms with Gasteiger partial charge in [0.1, 0.15) is 5.69 Å². The van der Waals surface area contributed by atoms with Crippen molar-refractivity contribution in [3.8, 4) is 11.3 Å². The summed E-state index contributed by atoms with van der Waals surface area (Å²) in [7, 11) is 0. The minimum atomic E-state index is -0.546. The molecular weight excluding hydrogens is 386 g/mol. The highest BCUT2D eigenvalue weighted by molar-refractivity contribution is 7.99. The van der Waals surface area contributed by atoms with Gasteiger partial charge < -0.3 is 4.98 Å². The van der Waals surface area contributed by atoms with Crippen molar-refractivity contribution >= 4 is 11.8 Å². The van der Waals surface area contributed by atoms with Crippen LogP contribution in [0.4, 0.5) is 0 Å². The van der Waals surface area contributed by atoms with Gasteiger partial charge in [0.15, 0.2) is 0 Å². The first-order valence-corrected chi connectivity index (χ1v) is 10.1. The number of nitrogens with zero attached hydrogens (tertiary/aromatic N) is 3. The van der Waals surface area contributed by atoms with E-state index in [0.29, 0.717) is 12.2 Å². The molecule has 0 fully saturated rings. The first-order chi connectivity index (χ1) is 14.2. The molecule has 0 bridgehead atoms. The van der Waals surface area contributed by atoms with E-state index in [1.165, 1.54) is 16.7 Å². The lowest BCUT2D eigenvalue weighted by Crippen LogP contribution is -2.22. The fourth-order valence-corrected chi connectivity index (χ4v) is 4.16. The normalized spacial score (nSPS) is 12.0. The van der Waals surface area contributed by atoms with Crippen LogP contribution in [0.5, 0.6) is 0 Å². The molecule has 146 valence electrons. The highest BCUT2D eigenvalue weighted by Crippen LogP contribution is 2.37. The second-order valence-corrected chi connectivity index (χ2v) is 7.75. The minimum absolute atomic E-state index is 0.253. The SMILES string of the molecule is O=c1[nH]cc(-c2cn(CCC(Sc3ccccc3)c3ccccc3)nn2)c(=O)[nH]1. The van der Waals surface area contributed by atoms with Crippen LogP contribution in [-0.4, -0.2) is 25.0 Å². The van der Waals surface area contributed by atoms with Crippen LogP contribution in [0.25, 0.3) is 11.3 Å². The van der Waals surface area contributed by atoms with Crippen LogP contribution < -0.4 is 11.2 Å². The fourth-order valence-electron chi connectivity index (χ4n) is 3.01. The second-order valence-electron chi connectivity index (χ2n) is 6.47. The Morgan fingerprint density at radius 2 is 1.72 bits per heavy atom. The number of aromatic amines is 2. The van der Waals surface area contributed by atoms with Crippen LogP contribution in [0.3, 0.4) is 0 Å². The van der Waals surface area contributed by atoms with E-state index >= 15 is 0 Å². The number of thioether (sulfide) groups is 1. The van der Waals surface area contributed by atoms with Gasteiger partial charge in [-0.1, -0.05) is 53.7 Å². The van der Waals surface area contributed by atoms with Gasteiger partial charge in [-0.2, -0.15) is 0 Å². The van der Waals surface area contributed by atoms with Crippen LogP contribution in [0, 0.1) is 0 Å². The molecule has 4 rings (SSSR count). The average Bonchev–Trinajstić information content (AvgIpc) is 3.21. The van der Waals surface area contributed by atoms with Gasteiger partial charge in [0.2, 0.25) is 0 Å². The molecule has 2 aromatic heterocycles. The summed E-state index contributed by atoms with van der Waals surface area (Å²) < 4.78 is 1.72. The molecule has 0 saturated carbocycles. The monoisotopic (exact) mass is 405 g/mol. The summed E-state index contributed by atoms with van der Waals surface area (Å²) in [4.78, 5) is 29.0. The van der Waals surface area contributed by atoms with Gasteiger partial charge in [-0.3, -0.25) is 14.5 Å². The molecule has 0 saturated heterocycles. The molecule has 8 heteroatoms. The van der Waals surface area contributed by atoms with E-state index in [0.717, 1.165) is 6.42 Å². The largest absolute Gasteiger partial charge is 0.325 e. The third kappa shape index (κ3) is 4.72. The van der Waals surface area contributed by atoms with E-state index in [-0.39, 0.29) is 10.8 Å². The maximum atomic E-state index is 11.9. The number of benzene rings is 2. The minimum Gasteiger partial charge on any atom is -0.313 e. The number of aromatic nitrogens is 5. The summed E-state index contributed by atoms with van der Waals surface area (Å²) in [5, 5.41) is 8.47. The van der Waals surface area contributed by atoms with Gasteiger partial charge in [-0.05, 0) is 24.1 Å². The third-order valence-corrected chi connectivity index (χ3v) is 5.78. The Morgan fingerprint density at radius 1 is 1.00 bits per heavy atom. The summed E-state index contributed by atoms with van der Waals surface area (Å²) >= 11 is 1.81. The van der Waals surface area contributed by atoms with Crippen LogP contribution in [0.1, 0.15) is 17.2 Å². The quantitative estimate of drug-likeness (QED) is 0.460. The molecule has 0 aliphatic carbocycles. The lowest BCUT2D eigenvalue weighted by Gasteiger charge is -2.17. The fraction of sp³-hybridized carbons (Fsp3) is 0.143. The predicted molar refractivity (Wildman–Crippen MR) is 113 cm³/mol. The number of hydrogen-bond acceptors (Lipinski definition) is 5. The topological polar surface area (TPSA) is 96.4 Å². The highest BCUT2D eigenvalue weighted by atomic mass is 32.2. The second kappa shape index (κ2) is 8.74. The molecule has 1 atom stereocenters. The Balaban J connectivity index is 1.51. The van der Waals surface area contributed by atoms with Crippen molar-refractivity contribution in [1.82, 2.24) is 25.0 Å². The third-order valence-electron chi connectivity index (χ3n) is 4.45. The Labute approximate surface area is 170 Å². The maximum absolute atomic E-state index is 11.9. The first-order valence-electron chi connectivity index (χ1n) is 9.18. The molecule has 0 radical (unpaired) electrons. The molecule has 29 heavy (non-hydrogen) atoms. The molecule has 2 heterocycles. The zero-order valence-electron chi connectivity index (χ0n) is 15.5. The summed E-state index contributed by atoms with van der Waals surface area (Å²) in [5.74, 6) is 0. The Bertz CT molecular complexity index is 1180. The van der Waals surface area contributed by atoms with E-state index in [4.69, 9.17) is 0 Å². The van der Waals surface area contributed by atoms with Crippen molar-refractivity contribution in [2.45, 2.75) is 23.1 Å². The van der Waals surface area contributed by atoms with Crippen LogP contribution in [0.2, 0.25) is 0 Å².